The maximum Gasteiger partial charge on any atom is 0.344 e. The molecule has 124 valence electrons. The molecular weight excluding hydrogens is 312 g/mol. The summed E-state index contributed by atoms with van der Waals surface area (Å²) in [6, 6.07) is 0.389. The number of aromatic nitrogens is 2. The molecule has 1 atom stereocenters. The van der Waals surface area contributed by atoms with Crippen molar-refractivity contribution >= 4 is 29.0 Å². The highest BCUT2D eigenvalue weighted by atomic mass is 32.2. The van der Waals surface area contributed by atoms with Gasteiger partial charge in [0.2, 0.25) is 0 Å². The topological polar surface area (TPSA) is 72.4 Å². The van der Waals surface area contributed by atoms with Gasteiger partial charge in [-0.2, -0.15) is 9.97 Å². The largest absolute Gasteiger partial charge is 0.609 e. The lowest BCUT2D eigenvalue weighted by molar-refractivity contribution is -0.124. The minimum Gasteiger partial charge on any atom is -0.609 e. The number of carbonyl (C=O) groups is 1. The summed E-state index contributed by atoms with van der Waals surface area (Å²) in [5.74, 6) is 0.828. The number of anilines is 1. The zero-order valence-corrected chi connectivity index (χ0v) is 14.6. The third kappa shape index (κ3) is 3.21. The summed E-state index contributed by atoms with van der Waals surface area (Å²) in [7, 11) is 3.52. The number of hydrogen-bond donors (Lipinski definition) is 0. The molecule has 1 saturated carbocycles. The SMILES string of the molecule is CN(C)C(=O)C1=Cc2cnc([S+](C)[O-])nc2N(C2CCCC2)C1. The van der Waals surface area contributed by atoms with Crippen LogP contribution in [0, 0.1) is 0 Å². The Morgan fingerprint density at radius 1 is 1.39 bits per heavy atom. The molecule has 2 heterocycles. The van der Waals surface area contributed by atoms with E-state index in [1.807, 2.05) is 6.08 Å². The van der Waals surface area contributed by atoms with Crippen LogP contribution in [0.3, 0.4) is 0 Å². The average Bonchev–Trinajstić information content (AvgIpc) is 3.06. The van der Waals surface area contributed by atoms with Crippen molar-refractivity contribution in [2.75, 3.05) is 31.8 Å². The molecule has 23 heavy (non-hydrogen) atoms. The van der Waals surface area contributed by atoms with Gasteiger partial charge in [0.1, 0.15) is 12.1 Å². The molecule has 2 aliphatic rings. The van der Waals surface area contributed by atoms with Crippen LogP contribution < -0.4 is 4.90 Å². The summed E-state index contributed by atoms with van der Waals surface area (Å²) in [4.78, 5) is 24.9. The molecule has 1 aliphatic heterocycles. The molecule has 1 aliphatic carbocycles. The maximum absolute atomic E-state index is 12.4. The van der Waals surface area contributed by atoms with Gasteiger partial charge in [0.05, 0.1) is 6.54 Å². The Kier molecular flexibility index (Phi) is 4.59. The molecule has 3 rings (SSSR count). The summed E-state index contributed by atoms with van der Waals surface area (Å²) in [5, 5.41) is 0.350. The highest BCUT2D eigenvalue weighted by molar-refractivity contribution is 7.90. The number of carbonyl (C=O) groups excluding carboxylic acids is 1. The van der Waals surface area contributed by atoms with Gasteiger partial charge in [-0.15, -0.1) is 0 Å². The minimum atomic E-state index is -1.21. The number of rotatable bonds is 3. The Balaban J connectivity index is 2.03. The molecule has 1 fully saturated rings. The molecule has 1 unspecified atom stereocenters. The standard InChI is InChI=1S/C16H22N4O2S/c1-19(2)15(21)12-8-11-9-17-16(23(3)22)18-14(11)20(10-12)13-6-4-5-7-13/h8-9,13H,4-7,10H2,1-3H3. The van der Waals surface area contributed by atoms with Crippen molar-refractivity contribution in [3.63, 3.8) is 0 Å². The Morgan fingerprint density at radius 3 is 2.70 bits per heavy atom. The second-order valence-electron chi connectivity index (χ2n) is 6.32. The summed E-state index contributed by atoms with van der Waals surface area (Å²) in [5.41, 5.74) is 1.59. The molecule has 7 heteroatoms. The number of likely N-dealkylation sites (N-methyl/N-ethyl adjacent to an activating group) is 1. The van der Waals surface area contributed by atoms with Gasteiger partial charge in [-0.1, -0.05) is 12.8 Å². The van der Waals surface area contributed by atoms with Gasteiger partial charge >= 0.3 is 5.16 Å². The molecule has 0 aromatic carbocycles. The second-order valence-corrected chi connectivity index (χ2v) is 7.59. The predicted octanol–water partition coefficient (Wildman–Crippen LogP) is 1.45. The van der Waals surface area contributed by atoms with Gasteiger partial charge in [-0.05, 0) is 18.9 Å². The number of fused-ring (bicyclic) bond motifs is 1. The van der Waals surface area contributed by atoms with E-state index < -0.39 is 11.2 Å². The van der Waals surface area contributed by atoms with Gasteiger partial charge < -0.3 is 14.4 Å². The van der Waals surface area contributed by atoms with Crippen molar-refractivity contribution < 1.29 is 9.35 Å². The van der Waals surface area contributed by atoms with E-state index in [-0.39, 0.29) is 5.91 Å². The van der Waals surface area contributed by atoms with E-state index in [0.29, 0.717) is 17.7 Å². The van der Waals surface area contributed by atoms with Crippen molar-refractivity contribution in [3.05, 3.63) is 17.3 Å². The van der Waals surface area contributed by atoms with Crippen LogP contribution in [0.2, 0.25) is 0 Å². The van der Waals surface area contributed by atoms with Gasteiger partial charge in [0.15, 0.2) is 0 Å². The van der Waals surface area contributed by atoms with Crippen LogP contribution in [0.25, 0.3) is 6.08 Å². The van der Waals surface area contributed by atoms with Crippen molar-refractivity contribution in [1.29, 1.82) is 0 Å². The number of nitrogens with zero attached hydrogens (tertiary/aromatic N) is 4. The van der Waals surface area contributed by atoms with Crippen LogP contribution >= 0.6 is 0 Å². The van der Waals surface area contributed by atoms with Crippen LogP contribution in [0.15, 0.2) is 16.9 Å². The van der Waals surface area contributed by atoms with Crippen LogP contribution in [0.5, 0.6) is 0 Å². The monoisotopic (exact) mass is 334 g/mol. The fourth-order valence-corrected chi connectivity index (χ4v) is 3.68. The molecule has 1 amide bonds. The molecule has 6 nitrogen and oxygen atoms in total. The summed E-state index contributed by atoms with van der Waals surface area (Å²) in [6.45, 7) is 0.557. The molecular formula is C16H22N4O2S. The molecule has 0 radical (unpaired) electrons. The fraction of sp³-hybridized carbons (Fsp3) is 0.562. The molecule has 0 N–H and O–H groups in total. The highest BCUT2D eigenvalue weighted by Crippen LogP contribution is 2.34. The Morgan fingerprint density at radius 2 is 2.09 bits per heavy atom. The Hall–Kier alpha value is -1.60. The van der Waals surface area contributed by atoms with Crippen LogP contribution in [-0.4, -0.2) is 58.3 Å². The van der Waals surface area contributed by atoms with Crippen molar-refractivity contribution in [1.82, 2.24) is 14.9 Å². The molecule has 0 saturated heterocycles. The zero-order valence-electron chi connectivity index (χ0n) is 13.8. The van der Waals surface area contributed by atoms with Crippen LogP contribution in [0.4, 0.5) is 5.82 Å². The number of amides is 1. The molecule has 0 spiro atoms. The third-order valence-corrected chi connectivity index (χ3v) is 5.13. The quantitative estimate of drug-likeness (QED) is 0.618. The first-order chi connectivity index (χ1) is 11.0. The van der Waals surface area contributed by atoms with E-state index >= 15 is 0 Å². The normalized spacial score (nSPS) is 19.3. The first-order valence-corrected chi connectivity index (χ1v) is 9.42. The lowest BCUT2D eigenvalue weighted by atomic mass is 10.0. The lowest BCUT2D eigenvalue weighted by Gasteiger charge is -2.35. The first kappa shape index (κ1) is 16.3. The van der Waals surface area contributed by atoms with Crippen molar-refractivity contribution in [2.24, 2.45) is 0 Å². The predicted molar refractivity (Wildman–Crippen MR) is 90.6 cm³/mol. The summed E-state index contributed by atoms with van der Waals surface area (Å²) in [6.07, 6.45) is 9.76. The smallest absolute Gasteiger partial charge is 0.344 e. The average molecular weight is 334 g/mol. The summed E-state index contributed by atoms with van der Waals surface area (Å²) >= 11 is -1.21. The summed E-state index contributed by atoms with van der Waals surface area (Å²) < 4.78 is 11.7. The van der Waals surface area contributed by atoms with E-state index in [9.17, 15) is 9.35 Å². The number of hydrogen-bond acceptors (Lipinski definition) is 5. The van der Waals surface area contributed by atoms with Crippen LogP contribution in [-0.2, 0) is 16.0 Å². The van der Waals surface area contributed by atoms with Gasteiger partial charge in [0.25, 0.3) is 5.91 Å². The minimum absolute atomic E-state index is 0.0155. The Bertz CT molecular complexity index is 639. The zero-order chi connectivity index (χ0) is 16.6. The first-order valence-electron chi connectivity index (χ1n) is 7.86. The highest BCUT2D eigenvalue weighted by Gasteiger charge is 2.32. The molecule has 1 aromatic rings. The third-order valence-electron chi connectivity index (χ3n) is 4.42. The van der Waals surface area contributed by atoms with Gasteiger partial charge in [-0.25, -0.2) is 0 Å². The van der Waals surface area contributed by atoms with Crippen molar-refractivity contribution in [2.45, 2.75) is 36.9 Å². The van der Waals surface area contributed by atoms with E-state index in [4.69, 9.17) is 0 Å². The van der Waals surface area contributed by atoms with Gasteiger partial charge in [0, 0.05) is 48.6 Å². The maximum atomic E-state index is 12.4. The van der Waals surface area contributed by atoms with Crippen LogP contribution in [0.1, 0.15) is 31.2 Å². The Labute approximate surface area is 139 Å². The molecule has 0 bridgehead atoms. The van der Waals surface area contributed by atoms with E-state index in [2.05, 4.69) is 14.9 Å². The molecule has 1 aromatic heterocycles. The van der Waals surface area contributed by atoms with E-state index in [0.717, 1.165) is 29.8 Å². The van der Waals surface area contributed by atoms with Crippen molar-refractivity contribution in [3.8, 4) is 0 Å². The lowest BCUT2D eigenvalue weighted by Crippen LogP contribution is -2.41. The van der Waals surface area contributed by atoms with E-state index in [1.54, 1.807) is 31.4 Å². The second kappa shape index (κ2) is 6.49. The van der Waals surface area contributed by atoms with E-state index in [1.165, 1.54) is 12.8 Å². The fourth-order valence-electron chi connectivity index (χ4n) is 3.26. The van der Waals surface area contributed by atoms with Gasteiger partial charge in [-0.3, -0.25) is 4.79 Å².